The van der Waals surface area contributed by atoms with Crippen molar-refractivity contribution in [3.8, 4) is 0 Å². The lowest BCUT2D eigenvalue weighted by Gasteiger charge is -2.23. The first-order valence-electron chi connectivity index (χ1n) is 6.67. The molecule has 0 aromatic heterocycles. The molecule has 1 unspecified atom stereocenters. The molecule has 1 aliphatic rings. The topological polar surface area (TPSA) is 15.3 Å². The SMILES string of the molecule is CNCC1CCCN1CCSc1cc(Cl)ccc1Cl. The highest BCUT2D eigenvalue weighted by atomic mass is 35.5. The molecule has 19 heavy (non-hydrogen) atoms. The van der Waals surface area contributed by atoms with Crippen LogP contribution in [0.5, 0.6) is 0 Å². The number of likely N-dealkylation sites (N-methyl/N-ethyl adjacent to an activating group) is 1. The van der Waals surface area contributed by atoms with Crippen LogP contribution >= 0.6 is 35.0 Å². The van der Waals surface area contributed by atoms with Gasteiger partial charge in [-0.1, -0.05) is 23.2 Å². The lowest BCUT2D eigenvalue weighted by atomic mass is 10.2. The molecule has 1 N–H and O–H groups in total. The van der Waals surface area contributed by atoms with E-state index in [0.717, 1.165) is 33.8 Å². The third kappa shape index (κ3) is 4.54. The minimum Gasteiger partial charge on any atom is -0.318 e. The van der Waals surface area contributed by atoms with Gasteiger partial charge in [0.25, 0.3) is 0 Å². The van der Waals surface area contributed by atoms with Gasteiger partial charge in [0.05, 0.1) is 5.02 Å². The highest BCUT2D eigenvalue weighted by molar-refractivity contribution is 7.99. The molecular weight excluding hydrogens is 299 g/mol. The van der Waals surface area contributed by atoms with Crippen LogP contribution in [0.1, 0.15) is 12.8 Å². The van der Waals surface area contributed by atoms with Gasteiger partial charge in [0.1, 0.15) is 0 Å². The van der Waals surface area contributed by atoms with Crippen molar-refractivity contribution >= 4 is 35.0 Å². The van der Waals surface area contributed by atoms with E-state index in [9.17, 15) is 0 Å². The molecule has 0 amide bonds. The van der Waals surface area contributed by atoms with Gasteiger partial charge in [0, 0.05) is 34.8 Å². The van der Waals surface area contributed by atoms with Crippen LogP contribution in [-0.4, -0.2) is 43.4 Å². The Morgan fingerprint density at radius 3 is 3.05 bits per heavy atom. The Balaban J connectivity index is 1.81. The molecular formula is C14H20Cl2N2S. The van der Waals surface area contributed by atoms with E-state index in [1.807, 2.05) is 25.2 Å². The summed E-state index contributed by atoms with van der Waals surface area (Å²) in [7, 11) is 2.02. The van der Waals surface area contributed by atoms with Gasteiger partial charge in [-0.05, 0) is 44.6 Å². The molecule has 2 nitrogen and oxygen atoms in total. The fraction of sp³-hybridized carbons (Fsp3) is 0.571. The number of hydrogen-bond donors (Lipinski definition) is 1. The predicted octanol–water partition coefficient (Wildman–Crippen LogP) is 3.77. The average Bonchev–Trinajstić information content (AvgIpc) is 2.82. The van der Waals surface area contributed by atoms with Gasteiger partial charge in [-0.3, -0.25) is 4.90 Å². The molecule has 0 spiro atoms. The van der Waals surface area contributed by atoms with Gasteiger partial charge < -0.3 is 5.32 Å². The van der Waals surface area contributed by atoms with E-state index in [1.54, 1.807) is 11.8 Å². The van der Waals surface area contributed by atoms with Crippen LogP contribution in [0.25, 0.3) is 0 Å². The zero-order valence-electron chi connectivity index (χ0n) is 11.2. The molecule has 0 bridgehead atoms. The Labute approximate surface area is 129 Å². The van der Waals surface area contributed by atoms with Crippen molar-refractivity contribution < 1.29 is 0 Å². The summed E-state index contributed by atoms with van der Waals surface area (Å²) in [6.07, 6.45) is 2.62. The molecule has 0 saturated carbocycles. The first-order chi connectivity index (χ1) is 9.20. The van der Waals surface area contributed by atoms with Gasteiger partial charge in [-0.2, -0.15) is 0 Å². The highest BCUT2D eigenvalue weighted by Gasteiger charge is 2.23. The van der Waals surface area contributed by atoms with Gasteiger partial charge in [0.2, 0.25) is 0 Å². The van der Waals surface area contributed by atoms with Crippen LogP contribution in [0, 0.1) is 0 Å². The van der Waals surface area contributed by atoms with Gasteiger partial charge >= 0.3 is 0 Å². The van der Waals surface area contributed by atoms with Crippen molar-refractivity contribution in [3.63, 3.8) is 0 Å². The van der Waals surface area contributed by atoms with E-state index in [-0.39, 0.29) is 0 Å². The quantitative estimate of drug-likeness (QED) is 0.804. The first kappa shape index (κ1) is 15.5. The monoisotopic (exact) mass is 318 g/mol. The summed E-state index contributed by atoms with van der Waals surface area (Å²) in [5, 5.41) is 4.82. The second-order valence-electron chi connectivity index (χ2n) is 4.81. The second-order valence-corrected chi connectivity index (χ2v) is 6.79. The Kier molecular flexibility index (Phi) is 6.30. The van der Waals surface area contributed by atoms with Gasteiger partial charge in [-0.25, -0.2) is 0 Å². The summed E-state index contributed by atoms with van der Waals surface area (Å²) in [4.78, 5) is 3.65. The summed E-state index contributed by atoms with van der Waals surface area (Å²) >= 11 is 14.0. The number of thioether (sulfide) groups is 1. The summed E-state index contributed by atoms with van der Waals surface area (Å²) in [6.45, 7) is 3.42. The number of hydrogen-bond acceptors (Lipinski definition) is 3. The highest BCUT2D eigenvalue weighted by Crippen LogP contribution is 2.30. The minimum atomic E-state index is 0.695. The molecule has 5 heteroatoms. The Morgan fingerprint density at radius 2 is 2.26 bits per heavy atom. The van der Waals surface area contributed by atoms with Crippen LogP contribution in [0.15, 0.2) is 23.1 Å². The molecule has 1 aromatic rings. The van der Waals surface area contributed by atoms with Crippen molar-refractivity contribution in [2.45, 2.75) is 23.8 Å². The number of halogens is 2. The molecule has 1 aliphatic heterocycles. The molecule has 1 atom stereocenters. The predicted molar refractivity (Wildman–Crippen MR) is 85.7 cm³/mol. The Hall–Kier alpha value is 0.0700. The summed E-state index contributed by atoms with van der Waals surface area (Å²) < 4.78 is 0. The third-order valence-corrected chi connectivity index (χ3v) is 5.18. The Morgan fingerprint density at radius 1 is 1.42 bits per heavy atom. The van der Waals surface area contributed by atoms with Gasteiger partial charge in [-0.15, -0.1) is 11.8 Å². The molecule has 2 rings (SSSR count). The lowest BCUT2D eigenvalue weighted by molar-refractivity contribution is 0.266. The van der Waals surface area contributed by atoms with E-state index in [4.69, 9.17) is 23.2 Å². The van der Waals surface area contributed by atoms with Crippen molar-refractivity contribution in [3.05, 3.63) is 28.2 Å². The zero-order valence-corrected chi connectivity index (χ0v) is 13.5. The summed E-state index contributed by atoms with van der Waals surface area (Å²) in [5.74, 6) is 1.06. The average molecular weight is 319 g/mol. The van der Waals surface area contributed by atoms with E-state index in [2.05, 4.69) is 10.2 Å². The van der Waals surface area contributed by atoms with Crippen molar-refractivity contribution in [2.75, 3.05) is 32.4 Å². The summed E-state index contributed by atoms with van der Waals surface area (Å²) in [5.41, 5.74) is 0. The third-order valence-electron chi connectivity index (χ3n) is 3.47. The largest absolute Gasteiger partial charge is 0.318 e. The number of benzene rings is 1. The van der Waals surface area contributed by atoms with Crippen molar-refractivity contribution in [2.24, 2.45) is 0 Å². The van der Waals surface area contributed by atoms with Crippen LogP contribution in [0.2, 0.25) is 10.0 Å². The first-order valence-corrected chi connectivity index (χ1v) is 8.41. The van der Waals surface area contributed by atoms with Crippen LogP contribution < -0.4 is 5.32 Å². The van der Waals surface area contributed by atoms with Crippen LogP contribution in [0.4, 0.5) is 0 Å². The van der Waals surface area contributed by atoms with E-state index in [0.29, 0.717) is 6.04 Å². The smallest absolute Gasteiger partial charge is 0.0542 e. The minimum absolute atomic E-state index is 0.695. The van der Waals surface area contributed by atoms with Crippen molar-refractivity contribution in [1.82, 2.24) is 10.2 Å². The normalized spacial score (nSPS) is 20.1. The van der Waals surface area contributed by atoms with E-state index < -0.39 is 0 Å². The number of nitrogens with zero attached hydrogens (tertiary/aromatic N) is 1. The van der Waals surface area contributed by atoms with E-state index in [1.165, 1.54) is 19.4 Å². The molecule has 1 saturated heterocycles. The molecule has 0 aliphatic carbocycles. The Bertz CT molecular complexity index is 414. The molecule has 0 radical (unpaired) electrons. The lowest BCUT2D eigenvalue weighted by Crippen LogP contribution is -2.37. The molecule has 1 aromatic carbocycles. The molecule has 1 fully saturated rings. The maximum atomic E-state index is 6.17. The number of nitrogens with one attached hydrogen (secondary N) is 1. The van der Waals surface area contributed by atoms with Crippen LogP contribution in [0.3, 0.4) is 0 Å². The van der Waals surface area contributed by atoms with E-state index >= 15 is 0 Å². The maximum Gasteiger partial charge on any atom is 0.0542 e. The number of rotatable bonds is 6. The molecule has 1 heterocycles. The second kappa shape index (κ2) is 7.75. The van der Waals surface area contributed by atoms with Gasteiger partial charge in [0.15, 0.2) is 0 Å². The zero-order chi connectivity index (χ0) is 13.7. The number of likely N-dealkylation sites (tertiary alicyclic amines) is 1. The van der Waals surface area contributed by atoms with Crippen molar-refractivity contribution in [1.29, 1.82) is 0 Å². The molecule has 106 valence electrons. The fourth-order valence-corrected chi connectivity index (χ4v) is 4.00. The fourth-order valence-electron chi connectivity index (χ4n) is 2.52. The standard InChI is InChI=1S/C14H20Cl2N2S/c1-17-10-12-3-2-6-18(12)7-8-19-14-9-11(15)4-5-13(14)16/h4-5,9,12,17H,2-3,6-8,10H2,1H3. The summed E-state index contributed by atoms with van der Waals surface area (Å²) in [6, 6.07) is 6.34. The van der Waals surface area contributed by atoms with Crippen LogP contribution in [-0.2, 0) is 0 Å². The maximum absolute atomic E-state index is 6.17.